The van der Waals surface area contributed by atoms with Gasteiger partial charge in [0, 0.05) is 20.2 Å². The first kappa shape index (κ1) is 13.7. The summed E-state index contributed by atoms with van der Waals surface area (Å²) in [6.45, 7) is 1.93. The van der Waals surface area contributed by atoms with Crippen LogP contribution in [0.4, 0.5) is 5.69 Å². The zero-order valence-corrected chi connectivity index (χ0v) is 13.0. The normalized spacial score (nSPS) is 17.5. The van der Waals surface area contributed by atoms with Crippen LogP contribution >= 0.6 is 11.3 Å². The summed E-state index contributed by atoms with van der Waals surface area (Å²) in [4.78, 5) is 14.1. The number of ether oxygens (including phenoxy) is 1. The van der Waals surface area contributed by atoms with E-state index in [2.05, 4.69) is 0 Å². The number of thiazole rings is 1. The number of fused-ring (bicyclic) bond motifs is 1. The van der Waals surface area contributed by atoms with Gasteiger partial charge in [-0.25, -0.2) is 0 Å². The number of allylic oxidation sites excluding steroid dienone is 1. The third-order valence-electron chi connectivity index (χ3n) is 3.46. The molecule has 4 nitrogen and oxygen atoms in total. The van der Waals surface area contributed by atoms with Gasteiger partial charge in [0.05, 0.1) is 14.9 Å². The van der Waals surface area contributed by atoms with E-state index in [4.69, 9.17) is 4.74 Å². The lowest BCUT2D eigenvalue weighted by Gasteiger charge is -2.09. The molecule has 0 saturated heterocycles. The van der Waals surface area contributed by atoms with E-state index in [1.807, 2.05) is 61.4 Å². The minimum Gasteiger partial charge on any atom is -0.439 e. The highest BCUT2D eigenvalue weighted by molar-refractivity contribution is 7.07. The van der Waals surface area contributed by atoms with Gasteiger partial charge in [0.2, 0.25) is 0 Å². The Balaban J connectivity index is 2.03. The van der Waals surface area contributed by atoms with Gasteiger partial charge >= 0.3 is 0 Å². The average Bonchev–Trinajstić information content (AvgIpc) is 2.97. The van der Waals surface area contributed by atoms with Gasteiger partial charge in [-0.2, -0.15) is 0 Å². The highest BCUT2D eigenvalue weighted by Gasteiger charge is 2.21. The fraction of sp³-hybridized carbons (Fsp3) is 0.188. The molecule has 1 aromatic carbocycles. The first-order valence-corrected chi connectivity index (χ1v) is 7.48. The van der Waals surface area contributed by atoms with Gasteiger partial charge in [-0.05, 0) is 25.1 Å². The molecule has 1 aliphatic rings. The zero-order chi connectivity index (χ0) is 15.0. The van der Waals surface area contributed by atoms with Gasteiger partial charge in [0.1, 0.15) is 0 Å². The fourth-order valence-electron chi connectivity index (χ4n) is 2.26. The first-order valence-electron chi connectivity index (χ1n) is 6.66. The van der Waals surface area contributed by atoms with Gasteiger partial charge in [-0.3, -0.25) is 4.79 Å². The molecule has 0 radical (unpaired) electrons. The maximum absolute atomic E-state index is 12.1. The lowest BCUT2D eigenvalue weighted by atomic mass is 10.3. The predicted molar refractivity (Wildman–Crippen MR) is 87.0 cm³/mol. The van der Waals surface area contributed by atoms with Crippen molar-refractivity contribution in [2.75, 3.05) is 11.9 Å². The van der Waals surface area contributed by atoms with Crippen molar-refractivity contribution in [2.24, 2.45) is 7.05 Å². The van der Waals surface area contributed by atoms with Crippen LogP contribution in [0.25, 0.3) is 12.2 Å². The summed E-state index contributed by atoms with van der Waals surface area (Å²) < 4.78 is 9.10. The molecule has 21 heavy (non-hydrogen) atoms. The van der Waals surface area contributed by atoms with E-state index in [9.17, 15) is 4.79 Å². The molecule has 2 aromatic rings. The predicted octanol–water partition coefficient (Wildman–Crippen LogP) is 1.40. The smallest absolute Gasteiger partial charge is 0.268 e. The van der Waals surface area contributed by atoms with E-state index in [1.165, 1.54) is 11.3 Å². The Labute approximate surface area is 126 Å². The molecule has 2 heterocycles. The first-order chi connectivity index (χ1) is 10.1. The molecule has 0 aliphatic carbocycles. The Bertz CT molecular complexity index is 890. The van der Waals surface area contributed by atoms with Crippen LogP contribution in [-0.2, 0) is 7.05 Å². The molecule has 0 amide bonds. The van der Waals surface area contributed by atoms with Crippen LogP contribution in [0.1, 0.15) is 6.92 Å². The van der Waals surface area contributed by atoms with E-state index in [0.29, 0.717) is 10.4 Å². The number of para-hydroxylation sites is 2. The molecule has 0 saturated carbocycles. The molecule has 1 aliphatic heterocycles. The Morgan fingerprint density at radius 3 is 2.62 bits per heavy atom. The topological polar surface area (TPSA) is 34.5 Å². The summed E-state index contributed by atoms with van der Waals surface area (Å²) in [5.41, 5.74) is 1.04. The van der Waals surface area contributed by atoms with E-state index >= 15 is 0 Å². The van der Waals surface area contributed by atoms with Crippen molar-refractivity contribution in [3.05, 3.63) is 55.8 Å². The van der Waals surface area contributed by atoms with Crippen molar-refractivity contribution in [1.29, 1.82) is 0 Å². The van der Waals surface area contributed by atoms with Crippen LogP contribution in [0.5, 0.6) is 5.75 Å². The van der Waals surface area contributed by atoms with Crippen molar-refractivity contribution < 1.29 is 4.74 Å². The Morgan fingerprint density at radius 2 is 1.95 bits per heavy atom. The van der Waals surface area contributed by atoms with Gasteiger partial charge in [0.15, 0.2) is 11.6 Å². The van der Waals surface area contributed by atoms with Gasteiger partial charge in [-0.15, -0.1) is 11.3 Å². The van der Waals surface area contributed by atoms with Crippen molar-refractivity contribution in [1.82, 2.24) is 4.57 Å². The summed E-state index contributed by atoms with van der Waals surface area (Å²) in [5, 5.41) is 0. The van der Waals surface area contributed by atoms with Crippen LogP contribution in [0.15, 0.2) is 41.0 Å². The molecular weight excluding hydrogens is 284 g/mol. The average molecular weight is 300 g/mol. The summed E-state index contributed by atoms with van der Waals surface area (Å²) in [6, 6.07) is 7.85. The number of rotatable bonds is 1. The van der Waals surface area contributed by atoms with Crippen molar-refractivity contribution in [3.63, 3.8) is 0 Å². The van der Waals surface area contributed by atoms with Crippen LogP contribution in [-0.4, -0.2) is 11.6 Å². The van der Waals surface area contributed by atoms with Crippen LogP contribution in [0, 0.1) is 0 Å². The van der Waals surface area contributed by atoms with E-state index in [-0.39, 0.29) is 5.56 Å². The largest absolute Gasteiger partial charge is 0.439 e. The summed E-state index contributed by atoms with van der Waals surface area (Å²) in [7, 11) is 3.73. The molecule has 0 unspecified atom stereocenters. The SMILES string of the molecule is C/C=c1/s/c(=C\C=C2\Oc3ccccc3N2C)c(=O)n1C. The molecule has 1 aromatic heterocycles. The maximum Gasteiger partial charge on any atom is 0.268 e. The Morgan fingerprint density at radius 1 is 1.19 bits per heavy atom. The molecule has 0 atom stereocenters. The van der Waals surface area contributed by atoms with Crippen molar-refractivity contribution in [2.45, 2.75) is 6.92 Å². The van der Waals surface area contributed by atoms with Crippen molar-refractivity contribution >= 4 is 29.2 Å². The van der Waals surface area contributed by atoms with Gasteiger partial charge < -0.3 is 14.2 Å². The summed E-state index contributed by atoms with van der Waals surface area (Å²) >= 11 is 1.48. The highest BCUT2D eigenvalue weighted by Crippen LogP contribution is 2.37. The molecule has 3 rings (SSSR count). The third kappa shape index (κ3) is 2.29. The van der Waals surface area contributed by atoms with Gasteiger partial charge in [-0.1, -0.05) is 18.2 Å². The zero-order valence-electron chi connectivity index (χ0n) is 12.2. The third-order valence-corrected chi connectivity index (χ3v) is 4.71. The lowest BCUT2D eigenvalue weighted by molar-refractivity contribution is 0.444. The quantitative estimate of drug-likeness (QED) is 0.798. The molecule has 0 spiro atoms. The monoisotopic (exact) mass is 300 g/mol. The van der Waals surface area contributed by atoms with Crippen molar-refractivity contribution in [3.8, 4) is 5.75 Å². The summed E-state index contributed by atoms with van der Waals surface area (Å²) in [5.74, 6) is 1.55. The molecule has 0 bridgehead atoms. The maximum atomic E-state index is 12.1. The van der Waals surface area contributed by atoms with E-state index in [0.717, 1.165) is 16.1 Å². The summed E-state index contributed by atoms with van der Waals surface area (Å²) in [6.07, 6.45) is 5.59. The number of benzene rings is 1. The molecule has 0 N–H and O–H groups in total. The second kappa shape index (κ2) is 5.26. The Hall–Kier alpha value is -2.27. The fourth-order valence-corrected chi connectivity index (χ4v) is 3.18. The van der Waals surface area contributed by atoms with E-state index < -0.39 is 0 Å². The van der Waals surface area contributed by atoms with Crippen LogP contribution < -0.4 is 24.4 Å². The number of anilines is 1. The number of hydrogen-bond donors (Lipinski definition) is 0. The number of aromatic nitrogens is 1. The minimum atomic E-state index is 0.0168. The van der Waals surface area contributed by atoms with E-state index in [1.54, 1.807) is 11.6 Å². The number of nitrogens with zero attached hydrogens (tertiary/aromatic N) is 2. The Kier molecular flexibility index (Phi) is 3.43. The lowest BCUT2D eigenvalue weighted by Crippen LogP contribution is -2.28. The second-order valence-corrected chi connectivity index (χ2v) is 5.82. The minimum absolute atomic E-state index is 0.0168. The van der Waals surface area contributed by atoms with Crippen LogP contribution in [0.3, 0.4) is 0 Å². The van der Waals surface area contributed by atoms with Gasteiger partial charge in [0.25, 0.3) is 5.56 Å². The highest BCUT2D eigenvalue weighted by atomic mass is 32.1. The molecule has 5 heteroatoms. The second-order valence-electron chi connectivity index (χ2n) is 4.76. The molecule has 0 fully saturated rings. The number of hydrogen-bond acceptors (Lipinski definition) is 4. The molecule has 108 valence electrons. The standard InChI is InChI=1S/C16H16N2O2S/c1-4-15-18(3)16(19)13(21-15)9-10-14-17(2)11-7-5-6-8-12(11)20-14/h4-10H,1-3H3/b13-9-,14-10+,15-4+. The van der Waals surface area contributed by atoms with Crippen LogP contribution in [0.2, 0.25) is 0 Å². The molecular formula is C16H16N2O2S.